The Kier molecular flexibility index (Phi) is 5.48. The fourth-order valence-electron chi connectivity index (χ4n) is 3.59. The second-order valence-corrected chi connectivity index (χ2v) is 8.34. The first-order valence-corrected chi connectivity index (χ1v) is 10.4. The van der Waals surface area contributed by atoms with Crippen LogP contribution in [0.15, 0.2) is 42.6 Å². The number of anilines is 1. The van der Waals surface area contributed by atoms with Crippen LogP contribution in [-0.4, -0.2) is 34.9 Å². The van der Waals surface area contributed by atoms with Crippen LogP contribution in [0.5, 0.6) is 0 Å². The Morgan fingerprint density at radius 2 is 2.07 bits per heavy atom. The summed E-state index contributed by atoms with van der Waals surface area (Å²) in [4.78, 5) is 20.4. The second-order valence-electron chi connectivity index (χ2n) is 7.29. The number of piperidine rings is 1. The Morgan fingerprint density at radius 1 is 1.27 bits per heavy atom. The Morgan fingerprint density at radius 3 is 2.73 bits per heavy atom. The highest BCUT2D eigenvalue weighted by Gasteiger charge is 2.25. The average molecular weight is 422 g/mol. The molecule has 3 aromatic rings. The number of hydrogen-bond donors (Lipinski definition) is 2. The summed E-state index contributed by atoms with van der Waals surface area (Å²) in [5, 5.41) is 9.01. The summed E-state index contributed by atoms with van der Waals surface area (Å²) in [6, 6.07) is 11.5. The van der Waals surface area contributed by atoms with Gasteiger partial charge in [-0.05, 0) is 48.7 Å². The first kappa shape index (κ1) is 20.0. The van der Waals surface area contributed by atoms with Gasteiger partial charge in [0.05, 0.1) is 10.4 Å². The lowest BCUT2D eigenvalue weighted by molar-refractivity contribution is 0.0714. The molecule has 152 valence electrons. The van der Waals surface area contributed by atoms with E-state index in [4.69, 9.17) is 16.7 Å². The number of thiophene rings is 1. The SMILES string of the molecule is N#Cc1ccc(-c2cc(C(=O)N3CCCC(N)C3)sc2-c2ccc(N)nc2)cc1F. The molecule has 1 aliphatic rings. The Labute approximate surface area is 177 Å². The van der Waals surface area contributed by atoms with Crippen LogP contribution in [0.4, 0.5) is 10.2 Å². The van der Waals surface area contributed by atoms with Crippen LogP contribution in [0.3, 0.4) is 0 Å². The van der Waals surface area contributed by atoms with Gasteiger partial charge in [0.1, 0.15) is 17.7 Å². The summed E-state index contributed by atoms with van der Waals surface area (Å²) in [5.74, 6) is -0.294. The number of hydrogen-bond acceptors (Lipinski definition) is 6. The Bertz CT molecular complexity index is 1140. The van der Waals surface area contributed by atoms with Crippen LogP contribution in [0.1, 0.15) is 28.1 Å². The fraction of sp³-hybridized carbons (Fsp3) is 0.227. The van der Waals surface area contributed by atoms with Gasteiger partial charge in [0.25, 0.3) is 5.91 Å². The molecular weight excluding hydrogens is 401 g/mol. The molecule has 1 fully saturated rings. The smallest absolute Gasteiger partial charge is 0.264 e. The predicted molar refractivity (Wildman–Crippen MR) is 115 cm³/mol. The summed E-state index contributed by atoms with van der Waals surface area (Å²) in [6.45, 7) is 1.19. The molecule has 4 rings (SSSR count). The van der Waals surface area contributed by atoms with Crippen molar-refractivity contribution in [1.82, 2.24) is 9.88 Å². The molecule has 2 aromatic heterocycles. The number of amides is 1. The van der Waals surface area contributed by atoms with Gasteiger partial charge in [-0.25, -0.2) is 9.37 Å². The molecule has 1 aliphatic heterocycles. The Balaban J connectivity index is 1.79. The quantitative estimate of drug-likeness (QED) is 0.671. The predicted octanol–water partition coefficient (Wildman–Crippen LogP) is 3.63. The van der Waals surface area contributed by atoms with Gasteiger partial charge < -0.3 is 16.4 Å². The molecule has 30 heavy (non-hydrogen) atoms. The summed E-state index contributed by atoms with van der Waals surface area (Å²) in [7, 11) is 0. The van der Waals surface area contributed by atoms with E-state index in [1.54, 1.807) is 29.3 Å². The summed E-state index contributed by atoms with van der Waals surface area (Å²) < 4.78 is 14.3. The number of nitrogens with two attached hydrogens (primary N) is 2. The molecule has 4 N–H and O–H groups in total. The van der Waals surface area contributed by atoms with Crippen molar-refractivity contribution < 1.29 is 9.18 Å². The monoisotopic (exact) mass is 421 g/mol. The molecule has 0 radical (unpaired) electrons. The minimum atomic E-state index is -0.600. The van der Waals surface area contributed by atoms with E-state index in [1.165, 1.54) is 23.5 Å². The Hall–Kier alpha value is -3.28. The van der Waals surface area contributed by atoms with Crippen LogP contribution in [0.25, 0.3) is 21.6 Å². The summed E-state index contributed by atoms with van der Waals surface area (Å²) >= 11 is 1.33. The van der Waals surface area contributed by atoms with E-state index in [0.29, 0.717) is 34.9 Å². The van der Waals surface area contributed by atoms with Crippen molar-refractivity contribution in [3.05, 3.63) is 58.9 Å². The third-order valence-electron chi connectivity index (χ3n) is 5.14. The van der Waals surface area contributed by atoms with Gasteiger partial charge in [-0.1, -0.05) is 6.07 Å². The molecular formula is C22H20FN5OS. The number of carbonyl (C=O) groups is 1. The van der Waals surface area contributed by atoms with Crippen molar-refractivity contribution in [2.75, 3.05) is 18.8 Å². The van der Waals surface area contributed by atoms with Gasteiger partial charge in [-0.2, -0.15) is 5.26 Å². The fourth-order valence-corrected chi connectivity index (χ4v) is 4.73. The number of aromatic nitrogens is 1. The van der Waals surface area contributed by atoms with Gasteiger partial charge in [0, 0.05) is 41.3 Å². The van der Waals surface area contributed by atoms with E-state index < -0.39 is 5.82 Å². The van der Waals surface area contributed by atoms with E-state index in [9.17, 15) is 9.18 Å². The van der Waals surface area contributed by atoms with Crippen molar-refractivity contribution in [2.24, 2.45) is 5.73 Å². The highest BCUT2D eigenvalue weighted by atomic mass is 32.1. The number of nitrogen functional groups attached to an aromatic ring is 1. The van der Waals surface area contributed by atoms with E-state index in [2.05, 4.69) is 4.98 Å². The highest BCUT2D eigenvalue weighted by molar-refractivity contribution is 7.18. The maximum atomic E-state index is 14.3. The standard InChI is InChI=1S/C22H20FN5OS/c23-18-8-13(3-4-14(18)10-24)17-9-19(22(29)28-7-1-2-16(25)12-28)30-21(17)15-5-6-20(26)27-11-15/h3-6,8-9,11,16H,1-2,7,12,25H2,(H2,26,27). The first-order valence-electron chi connectivity index (χ1n) is 9.57. The van der Waals surface area contributed by atoms with Crippen molar-refractivity contribution in [2.45, 2.75) is 18.9 Å². The van der Waals surface area contributed by atoms with Crippen LogP contribution >= 0.6 is 11.3 Å². The molecule has 0 aliphatic carbocycles. The molecule has 0 bridgehead atoms. The summed E-state index contributed by atoms with van der Waals surface area (Å²) in [6.07, 6.45) is 3.42. The van der Waals surface area contributed by atoms with E-state index in [-0.39, 0.29) is 17.5 Å². The minimum Gasteiger partial charge on any atom is -0.384 e. The number of halogens is 1. The third kappa shape index (κ3) is 3.90. The van der Waals surface area contributed by atoms with Crippen LogP contribution in [-0.2, 0) is 0 Å². The second kappa shape index (κ2) is 8.22. The number of carbonyl (C=O) groups excluding carboxylic acids is 1. The van der Waals surface area contributed by atoms with Gasteiger partial charge in [-0.15, -0.1) is 11.3 Å². The van der Waals surface area contributed by atoms with Crippen LogP contribution in [0, 0.1) is 17.1 Å². The largest absolute Gasteiger partial charge is 0.384 e. The molecule has 1 unspecified atom stereocenters. The highest BCUT2D eigenvalue weighted by Crippen LogP contribution is 2.40. The number of likely N-dealkylation sites (tertiary alicyclic amines) is 1. The molecule has 1 saturated heterocycles. The van der Waals surface area contributed by atoms with Crippen molar-refractivity contribution in [3.63, 3.8) is 0 Å². The van der Waals surface area contributed by atoms with Gasteiger partial charge in [-0.3, -0.25) is 4.79 Å². The molecule has 0 saturated carbocycles. The molecule has 8 heteroatoms. The van der Waals surface area contributed by atoms with E-state index >= 15 is 0 Å². The normalized spacial score (nSPS) is 16.3. The average Bonchev–Trinajstić information content (AvgIpc) is 3.19. The van der Waals surface area contributed by atoms with Crippen LogP contribution in [0.2, 0.25) is 0 Å². The summed E-state index contributed by atoms with van der Waals surface area (Å²) in [5.41, 5.74) is 13.8. The van der Waals surface area contributed by atoms with E-state index in [1.807, 2.05) is 12.1 Å². The molecule has 1 aromatic carbocycles. The number of rotatable bonds is 3. The maximum Gasteiger partial charge on any atom is 0.264 e. The molecule has 1 amide bonds. The van der Waals surface area contributed by atoms with E-state index in [0.717, 1.165) is 23.3 Å². The number of nitrogens with zero attached hydrogens (tertiary/aromatic N) is 3. The maximum absolute atomic E-state index is 14.3. The zero-order valence-corrected chi connectivity index (χ0v) is 17.0. The third-order valence-corrected chi connectivity index (χ3v) is 6.31. The lowest BCUT2D eigenvalue weighted by Gasteiger charge is -2.30. The van der Waals surface area contributed by atoms with Gasteiger partial charge >= 0.3 is 0 Å². The molecule has 6 nitrogen and oxygen atoms in total. The van der Waals surface area contributed by atoms with Gasteiger partial charge in [0.15, 0.2) is 0 Å². The zero-order valence-electron chi connectivity index (χ0n) is 16.1. The number of nitriles is 1. The topological polar surface area (TPSA) is 109 Å². The van der Waals surface area contributed by atoms with Crippen molar-refractivity contribution in [3.8, 4) is 27.6 Å². The zero-order chi connectivity index (χ0) is 21.3. The lowest BCUT2D eigenvalue weighted by Crippen LogP contribution is -2.45. The van der Waals surface area contributed by atoms with Crippen molar-refractivity contribution >= 4 is 23.1 Å². The number of benzene rings is 1. The minimum absolute atomic E-state index is 0.0180. The first-order chi connectivity index (χ1) is 14.5. The lowest BCUT2D eigenvalue weighted by atomic mass is 10.0. The molecule has 0 spiro atoms. The molecule has 1 atom stereocenters. The number of pyridine rings is 1. The van der Waals surface area contributed by atoms with Crippen molar-refractivity contribution in [1.29, 1.82) is 5.26 Å². The molecule has 3 heterocycles. The van der Waals surface area contributed by atoms with Crippen LogP contribution < -0.4 is 11.5 Å². The van der Waals surface area contributed by atoms with Gasteiger partial charge in [0.2, 0.25) is 0 Å².